The quantitative estimate of drug-likeness (QED) is 0.340. The zero-order chi connectivity index (χ0) is 31.2. The Morgan fingerprint density at radius 3 is 2.36 bits per heavy atom. The number of nitrogens with zero attached hydrogens (tertiary/aromatic N) is 3. The van der Waals surface area contributed by atoms with Crippen LogP contribution in [0.5, 0.6) is 0 Å². The molecule has 0 aliphatic carbocycles. The van der Waals surface area contributed by atoms with Gasteiger partial charge in [0.05, 0.1) is 0 Å². The fourth-order valence-electron chi connectivity index (χ4n) is 6.47. The summed E-state index contributed by atoms with van der Waals surface area (Å²) in [6.45, 7) is 14.5. The first-order valence-electron chi connectivity index (χ1n) is 15.7. The van der Waals surface area contributed by atoms with Crippen molar-refractivity contribution in [2.24, 2.45) is 0 Å². The van der Waals surface area contributed by atoms with Crippen molar-refractivity contribution in [2.75, 3.05) is 50.8 Å². The molecular formula is C35H45N5O4. The molecule has 2 fully saturated rings. The number of aromatic amines is 1. The molecule has 9 nitrogen and oxygen atoms in total. The summed E-state index contributed by atoms with van der Waals surface area (Å²) >= 11 is 0. The third-order valence-electron chi connectivity index (χ3n) is 9.08. The number of amides is 2. The van der Waals surface area contributed by atoms with Crippen LogP contribution in [0.2, 0.25) is 0 Å². The molecule has 2 saturated heterocycles. The van der Waals surface area contributed by atoms with Gasteiger partial charge < -0.3 is 24.8 Å². The fourth-order valence-corrected chi connectivity index (χ4v) is 6.47. The molecule has 0 unspecified atom stereocenters. The molecule has 2 amide bonds. The number of carbonyl (C=O) groups is 2. The van der Waals surface area contributed by atoms with Gasteiger partial charge in [-0.05, 0) is 86.6 Å². The first-order chi connectivity index (χ1) is 21.3. The number of piperazine rings is 1. The first kappa shape index (κ1) is 31.5. The minimum Gasteiger partial charge on any atom is -0.381 e. The van der Waals surface area contributed by atoms with Crippen molar-refractivity contribution in [3.63, 3.8) is 0 Å². The summed E-state index contributed by atoms with van der Waals surface area (Å²) in [4.78, 5) is 46.9. The van der Waals surface area contributed by atoms with Gasteiger partial charge in [0.25, 0.3) is 11.5 Å². The Hall–Kier alpha value is -3.95. The highest BCUT2D eigenvalue weighted by Gasteiger charge is 2.25. The van der Waals surface area contributed by atoms with Crippen LogP contribution in [0.3, 0.4) is 0 Å². The lowest BCUT2D eigenvalue weighted by Gasteiger charge is -2.37. The van der Waals surface area contributed by atoms with E-state index in [0.29, 0.717) is 17.2 Å². The molecule has 3 aromatic rings. The summed E-state index contributed by atoms with van der Waals surface area (Å²) in [5, 5.41) is 3.03. The summed E-state index contributed by atoms with van der Waals surface area (Å²) in [6, 6.07) is 15.0. The Kier molecular flexibility index (Phi) is 10.2. The second-order valence-corrected chi connectivity index (χ2v) is 12.0. The lowest BCUT2D eigenvalue weighted by molar-refractivity contribution is -0.119. The van der Waals surface area contributed by atoms with E-state index in [0.717, 1.165) is 105 Å². The molecule has 0 bridgehead atoms. The zero-order valence-electron chi connectivity index (χ0n) is 26.4. The number of nitrogens with one attached hydrogen (secondary N) is 2. The van der Waals surface area contributed by atoms with E-state index in [2.05, 4.69) is 57.4 Å². The lowest BCUT2D eigenvalue weighted by Crippen LogP contribution is -2.45. The highest BCUT2D eigenvalue weighted by atomic mass is 16.5. The van der Waals surface area contributed by atoms with Gasteiger partial charge in [-0.2, -0.15) is 0 Å². The molecule has 0 spiro atoms. The molecule has 2 aliphatic rings. The summed E-state index contributed by atoms with van der Waals surface area (Å²) in [6.07, 6.45) is 2.83. The van der Waals surface area contributed by atoms with Gasteiger partial charge >= 0.3 is 0 Å². The van der Waals surface area contributed by atoms with E-state index in [1.165, 1.54) is 5.56 Å². The number of pyridine rings is 1. The molecule has 2 N–H and O–H groups in total. The minimum absolute atomic E-state index is 0.159. The van der Waals surface area contributed by atoms with Gasteiger partial charge in [0, 0.05) is 87.6 Å². The molecule has 234 valence electrons. The predicted octanol–water partition coefficient (Wildman–Crippen LogP) is 4.18. The van der Waals surface area contributed by atoms with Crippen molar-refractivity contribution < 1.29 is 14.3 Å². The summed E-state index contributed by atoms with van der Waals surface area (Å²) in [5.74, 6) is -0.195. The average Bonchev–Trinajstić information content (AvgIpc) is 3.03. The van der Waals surface area contributed by atoms with Gasteiger partial charge in [-0.15, -0.1) is 0 Å². The van der Waals surface area contributed by atoms with Gasteiger partial charge in [0.15, 0.2) is 0 Å². The van der Waals surface area contributed by atoms with E-state index >= 15 is 0 Å². The molecule has 9 heteroatoms. The number of aromatic nitrogens is 1. The van der Waals surface area contributed by atoms with Crippen molar-refractivity contribution >= 4 is 18.0 Å². The number of benzene rings is 2. The first-order valence-corrected chi connectivity index (χ1v) is 15.7. The van der Waals surface area contributed by atoms with Crippen LogP contribution >= 0.6 is 0 Å². The summed E-state index contributed by atoms with van der Waals surface area (Å²) in [5.41, 5.74) is 7.91. The van der Waals surface area contributed by atoms with E-state index in [9.17, 15) is 14.4 Å². The number of H-pyrrole nitrogens is 1. The number of aryl methyl sites for hydroxylation is 2. The molecule has 1 aromatic heterocycles. The van der Waals surface area contributed by atoms with E-state index in [1.54, 1.807) is 0 Å². The van der Waals surface area contributed by atoms with Crippen LogP contribution in [-0.4, -0.2) is 79.1 Å². The number of carbonyl (C=O) groups excluding carboxylic acids is 2. The normalized spacial score (nSPS) is 16.1. The molecule has 5 rings (SSSR count). The molecule has 2 aliphatic heterocycles. The van der Waals surface area contributed by atoms with Crippen LogP contribution in [0, 0.1) is 20.8 Å². The van der Waals surface area contributed by atoms with Crippen molar-refractivity contribution in [1.82, 2.24) is 20.1 Å². The maximum Gasteiger partial charge on any atom is 0.253 e. The van der Waals surface area contributed by atoms with Crippen LogP contribution in [0.25, 0.3) is 11.1 Å². The van der Waals surface area contributed by atoms with Gasteiger partial charge in [0.1, 0.15) is 0 Å². The second kappa shape index (κ2) is 14.2. The van der Waals surface area contributed by atoms with Crippen molar-refractivity contribution in [3.05, 3.63) is 86.3 Å². The van der Waals surface area contributed by atoms with Gasteiger partial charge in [-0.1, -0.05) is 24.3 Å². The number of anilines is 1. The van der Waals surface area contributed by atoms with Crippen LogP contribution in [0.4, 0.5) is 5.69 Å². The summed E-state index contributed by atoms with van der Waals surface area (Å²) in [7, 11) is 0. The topological polar surface area (TPSA) is 98.0 Å². The second-order valence-electron chi connectivity index (χ2n) is 12.0. The average molecular weight is 600 g/mol. The molecule has 0 atom stereocenters. The fraction of sp³-hybridized carbons (Fsp3) is 0.457. The summed E-state index contributed by atoms with van der Waals surface area (Å²) < 4.78 is 5.65. The van der Waals surface area contributed by atoms with Crippen molar-refractivity contribution in [3.8, 4) is 11.1 Å². The Balaban J connectivity index is 1.44. The Morgan fingerprint density at radius 2 is 1.73 bits per heavy atom. The monoisotopic (exact) mass is 599 g/mol. The Labute approximate surface area is 260 Å². The van der Waals surface area contributed by atoms with E-state index in [1.807, 2.05) is 37.8 Å². The molecular weight excluding hydrogens is 554 g/mol. The number of rotatable bonds is 10. The minimum atomic E-state index is -0.195. The van der Waals surface area contributed by atoms with E-state index in [4.69, 9.17) is 4.74 Å². The number of ether oxygens (including phenoxy) is 1. The van der Waals surface area contributed by atoms with E-state index < -0.39 is 0 Å². The van der Waals surface area contributed by atoms with Crippen LogP contribution in [0.1, 0.15) is 58.1 Å². The van der Waals surface area contributed by atoms with Gasteiger partial charge in [-0.3, -0.25) is 19.3 Å². The van der Waals surface area contributed by atoms with Gasteiger partial charge in [0.2, 0.25) is 6.41 Å². The predicted molar refractivity (Wildman–Crippen MR) is 174 cm³/mol. The van der Waals surface area contributed by atoms with Crippen LogP contribution in [-0.2, 0) is 22.6 Å². The van der Waals surface area contributed by atoms with Crippen LogP contribution < -0.4 is 15.8 Å². The van der Waals surface area contributed by atoms with Crippen LogP contribution in [0.15, 0.2) is 47.3 Å². The molecule has 0 radical (unpaired) electrons. The van der Waals surface area contributed by atoms with Crippen molar-refractivity contribution in [2.45, 2.75) is 59.7 Å². The smallest absolute Gasteiger partial charge is 0.253 e. The molecule has 3 heterocycles. The molecule has 44 heavy (non-hydrogen) atoms. The number of hydrogen-bond donors (Lipinski definition) is 2. The van der Waals surface area contributed by atoms with Crippen molar-refractivity contribution in [1.29, 1.82) is 0 Å². The number of hydrogen-bond acceptors (Lipinski definition) is 6. The highest BCUT2D eigenvalue weighted by Crippen LogP contribution is 2.34. The highest BCUT2D eigenvalue weighted by molar-refractivity contribution is 5.99. The standard InChI is InChI=1S/C35H45N5O4/c1-5-40(30-10-16-44-17-11-30)33-20-29(28-8-6-27(7-9-28)22-38-12-14-39(23-41)15-13-38)19-31(26(33)4)34(42)36-21-32-24(2)18-25(3)37-35(32)43/h6-9,18-20,23,30H,5,10-17,21-22H2,1-4H3,(H,36,42)(H,37,43). The van der Waals surface area contributed by atoms with Gasteiger partial charge in [-0.25, -0.2) is 0 Å². The Bertz CT molecular complexity index is 1520. The largest absolute Gasteiger partial charge is 0.381 e. The lowest BCUT2D eigenvalue weighted by atomic mass is 9.94. The maximum absolute atomic E-state index is 13.8. The molecule has 0 saturated carbocycles. The third kappa shape index (κ3) is 7.22. The Morgan fingerprint density at radius 1 is 1.02 bits per heavy atom. The zero-order valence-corrected chi connectivity index (χ0v) is 26.4. The maximum atomic E-state index is 13.8. The molecule has 2 aromatic carbocycles. The van der Waals surface area contributed by atoms with E-state index in [-0.39, 0.29) is 18.0 Å². The third-order valence-corrected chi connectivity index (χ3v) is 9.08. The SMILES string of the molecule is CCN(c1cc(-c2ccc(CN3CCN(C=O)CC3)cc2)cc(C(=O)NCc2c(C)cc(C)[nH]c2=O)c1C)C1CCOCC1.